The van der Waals surface area contributed by atoms with E-state index in [4.69, 9.17) is 9.47 Å². The summed E-state index contributed by atoms with van der Waals surface area (Å²) in [5.74, 6) is 1.08. The molecule has 0 aliphatic carbocycles. The molecule has 0 spiro atoms. The van der Waals surface area contributed by atoms with Crippen molar-refractivity contribution in [2.45, 2.75) is 6.10 Å². The topological polar surface area (TPSA) is 54.0 Å². The fourth-order valence-electron chi connectivity index (χ4n) is 3.26. The number of likely N-dealkylation sites (N-methyl/N-ethyl adjacent to an activating group) is 1. The lowest BCUT2D eigenvalue weighted by Crippen LogP contribution is -2.45. The second-order valence-electron chi connectivity index (χ2n) is 6.66. The number of carbonyl (C=O) groups is 1. The van der Waals surface area contributed by atoms with Crippen LogP contribution in [0.2, 0.25) is 0 Å². The first-order valence-electron chi connectivity index (χ1n) is 8.92. The van der Waals surface area contributed by atoms with Gasteiger partial charge in [0.1, 0.15) is 6.61 Å². The van der Waals surface area contributed by atoms with Gasteiger partial charge in [0.15, 0.2) is 11.5 Å². The Labute approximate surface area is 153 Å². The molecule has 0 saturated carbocycles. The van der Waals surface area contributed by atoms with Crippen molar-refractivity contribution in [2.75, 3.05) is 50.1 Å². The Balaban J connectivity index is 1.47. The monoisotopic (exact) mass is 353 g/mol. The highest BCUT2D eigenvalue weighted by atomic mass is 16.6. The standard InChI is InChI=1S/C20H23N3O3/c1-22-10-12-23(13-11-22)16-7-3-2-6-15(16)21-20(24)19-14-25-17-8-4-5-9-18(17)26-19/h2-9,19H,10-14H2,1H3,(H,21,24)/t19-/m0/s1. The van der Waals surface area contributed by atoms with Gasteiger partial charge in [0, 0.05) is 26.2 Å². The number of hydrogen-bond donors (Lipinski definition) is 1. The third-order valence-electron chi connectivity index (χ3n) is 4.81. The van der Waals surface area contributed by atoms with E-state index in [9.17, 15) is 4.79 Å². The van der Waals surface area contributed by atoms with E-state index in [1.165, 1.54) is 0 Å². The highest BCUT2D eigenvalue weighted by Crippen LogP contribution is 2.32. The van der Waals surface area contributed by atoms with Gasteiger partial charge in [-0.15, -0.1) is 0 Å². The van der Waals surface area contributed by atoms with E-state index in [0.717, 1.165) is 37.6 Å². The molecule has 1 amide bonds. The highest BCUT2D eigenvalue weighted by Gasteiger charge is 2.28. The van der Waals surface area contributed by atoms with Crippen LogP contribution in [0.25, 0.3) is 0 Å². The van der Waals surface area contributed by atoms with Crippen LogP contribution in [0.1, 0.15) is 0 Å². The number of nitrogens with zero attached hydrogens (tertiary/aromatic N) is 2. The van der Waals surface area contributed by atoms with Crippen molar-refractivity contribution in [1.82, 2.24) is 4.90 Å². The van der Waals surface area contributed by atoms with E-state index in [2.05, 4.69) is 28.2 Å². The lowest BCUT2D eigenvalue weighted by molar-refractivity contribution is -0.125. The molecule has 1 fully saturated rings. The molecule has 136 valence electrons. The third kappa shape index (κ3) is 3.46. The summed E-state index contributed by atoms with van der Waals surface area (Å²) in [6, 6.07) is 15.3. The molecule has 2 heterocycles. The Morgan fingerprint density at radius 2 is 1.69 bits per heavy atom. The van der Waals surface area contributed by atoms with Crippen LogP contribution in [0.15, 0.2) is 48.5 Å². The van der Waals surface area contributed by atoms with Crippen molar-refractivity contribution in [2.24, 2.45) is 0 Å². The minimum Gasteiger partial charge on any atom is -0.485 e. The fourth-order valence-corrected chi connectivity index (χ4v) is 3.26. The Morgan fingerprint density at radius 3 is 2.50 bits per heavy atom. The number of piperazine rings is 1. The molecule has 2 aliphatic heterocycles. The summed E-state index contributed by atoms with van der Waals surface area (Å²) in [5.41, 5.74) is 1.86. The van der Waals surface area contributed by atoms with Crippen LogP contribution in [0.4, 0.5) is 11.4 Å². The van der Waals surface area contributed by atoms with Gasteiger partial charge in [-0.2, -0.15) is 0 Å². The molecule has 26 heavy (non-hydrogen) atoms. The zero-order valence-electron chi connectivity index (χ0n) is 14.9. The van der Waals surface area contributed by atoms with E-state index in [1.54, 1.807) is 0 Å². The normalized spacial score (nSPS) is 19.9. The van der Waals surface area contributed by atoms with Gasteiger partial charge >= 0.3 is 0 Å². The molecule has 0 radical (unpaired) electrons. The van der Waals surface area contributed by atoms with Crippen molar-refractivity contribution in [3.05, 3.63) is 48.5 Å². The molecule has 1 saturated heterocycles. The van der Waals surface area contributed by atoms with E-state index in [0.29, 0.717) is 11.5 Å². The quantitative estimate of drug-likeness (QED) is 0.917. The first-order valence-corrected chi connectivity index (χ1v) is 8.92. The summed E-state index contributed by atoms with van der Waals surface area (Å²) >= 11 is 0. The van der Waals surface area contributed by atoms with Crippen molar-refractivity contribution in [1.29, 1.82) is 0 Å². The Bertz CT molecular complexity index is 787. The number of rotatable bonds is 3. The predicted molar refractivity (Wildman–Crippen MR) is 101 cm³/mol. The van der Waals surface area contributed by atoms with Gasteiger partial charge in [-0.25, -0.2) is 0 Å². The molecule has 6 nitrogen and oxygen atoms in total. The number of nitrogens with one attached hydrogen (secondary N) is 1. The fraction of sp³-hybridized carbons (Fsp3) is 0.350. The van der Waals surface area contributed by atoms with Crippen molar-refractivity contribution < 1.29 is 14.3 Å². The van der Waals surface area contributed by atoms with Crippen molar-refractivity contribution >= 4 is 17.3 Å². The Morgan fingerprint density at radius 1 is 1.00 bits per heavy atom. The molecule has 1 N–H and O–H groups in total. The molecule has 2 aromatic rings. The lowest BCUT2D eigenvalue weighted by Gasteiger charge is -2.35. The zero-order chi connectivity index (χ0) is 17.9. The zero-order valence-corrected chi connectivity index (χ0v) is 14.9. The molecule has 4 rings (SSSR count). The number of fused-ring (bicyclic) bond motifs is 1. The summed E-state index contributed by atoms with van der Waals surface area (Å²) in [4.78, 5) is 17.3. The van der Waals surface area contributed by atoms with Crippen LogP contribution >= 0.6 is 0 Å². The van der Waals surface area contributed by atoms with Crippen LogP contribution in [0, 0.1) is 0 Å². The number of anilines is 2. The highest BCUT2D eigenvalue weighted by molar-refractivity contribution is 5.97. The maximum Gasteiger partial charge on any atom is 0.269 e. The maximum atomic E-state index is 12.7. The molecule has 0 aromatic heterocycles. The minimum absolute atomic E-state index is 0.193. The number of carbonyl (C=O) groups excluding carboxylic acids is 1. The van der Waals surface area contributed by atoms with Crippen LogP contribution in [0.3, 0.4) is 0 Å². The average molecular weight is 353 g/mol. The molecule has 0 unspecified atom stereocenters. The van der Waals surface area contributed by atoms with Gasteiger partial charge in [-0.1, -0.05) is 24.3 Å². The van der Waals surface area contributed by atoms with E-state index in [1.807, 2.05) is 42.5 Å². The molecule has 6 heteroatoms. The lowest BCUT2D eigenvalue weighted by atomic mass is 10.2. The number of para-hydroxylation sites is 4. The SMILES string of the molecule is CN1CCN(c2ccccc2NC(=O)[C@@H]2COc3ccccc3O2)CC1. The number of benzene rings is 2. The molecular formula is C20H23N3O3. The molecule has 2 aliphatic rings. The predicted octanol–water partition coefficient (Wildman–Crippen LogP) is 2.22. The van der Waals surface area contributed by atoms with E-state index in [-0.39, 0.29) is 12.5 Å². The Hall–Kier alpha value is -2.73. The van der Waals surface area contributed by atoms with Crippen LogP contribution in [-0.2, 0) is 4.79 Å². The number of hydrogen-bond acceptors (Lipinski definition) is 5. The molecule has 1 atom stereocenters. The Kier molecular flexibility index (Phi) is 4.67. The summed E-state index contributed by atoms with van der Waals surface area (Å²) < 4.78 is 11.5. The summed E-state index contributed by atoms with van der Waals surface area (Å²) in [6.45, 7) is 4.12. The molecule has 0 bridgehead atoms. The minimum atomic E-state index is -0.662. The summed E-state index contributed by atoms with van der Waals surface area (Å²) in [7, 11) is 2.13. The van der Waals surface area contributed by atoms with Gasteiger partial charge in [0.05, 0.1) is 11.4 Å². The average Bonchev–Trinajstić information content (AvgIpc) is 2.69. The number of ether oxygens (including phenoxy) is 2. The van der Waals surface area contributed by atoms with Gasteiger partial charge in [0.25, 0.3) is 5.91 Å². The van der Waals surface area contributed by atoms with Crippen molar-refractivity contribution in [3.63, 3.8) is 0 Å². The first kappa shape index (κ1) is 16.7. The van der Waals surface area contributed by atoms with Gasteiger partial charge < -0.3 is 24.6 Å². The number of amides is 1. The van der Waals surface area contributed by atoms with Gasteiger partial charge in [0.2, 0.25) is 6.10 Å². The van der Waals surface area contributed by atoms with Crippen molar-refractivity contribution in [3.8, 4) is 11.5 Å². The van der Waals surface area contributed by atoms with E-state index < -0.39 is 6.10 Å². The largest absolute Gasteiger partial charge is 0.485 e. The first-order chi connectivity index (χ1) is 12.7. The molecule has 2 aromatic carbocycles. The molecular weight excluding hydrogens is 330 g/mol. The smallest absolute Gasteiger partial charge is 0.269 e. The maximum absolute atomic E-state index is 12.7. The second kappa shape index (κ2) is 7.25. The summed E-state index contributed by atoms with van der Waals surface area (Å²) in [6.07, 6.45) is -0.662. The van der Waals surface area contributed by atoms with Gasteiger partial charge in [-0.05, 0) is 31.3 Å². The van der Waals surface area contributed by atoms with Gasteiger partial charge in [-0.3, -0.25) is 4.79 Å². The third-order valence-corrected chi connectivity index (χ3v) is 4.81. The summed E-state index contributed by atoms with van der Waals surface area (Å²) in [5, 5.41) is 3.02. The van der Waals surface area contributed by atoms with Crippen LogP contribution < -0.4 is 19.7 Å². The second-order valence-corrected chi connectivity index (χ2v) is 6.66. The van der Waals surface area contributed by atoms with E-state index >= 15 is 0 Å². The van der Waals surface area contributed by atoms with Crippen LogP contribution in [0.5, 0.6) is 11.5 Å². The van der Waals surface area contributed by atoms with Crippen LogP contribution in [-0.4, -0.2) is 56.7 Å².